The number of nitrogens with zero attached hydrogens (tertiary/aromatic N) is 4. The average molecular weight is 444 g/mol. The Labute approximate surface area is 188 Å². The second-order valence-corrected chi connectivity index (χ2v) is 8.78. The van der Waals surface area contributed by atoms with Crippen LogP contribution in [0.1, 0.15) is 42.0 Å². The van der Waals surface area contributed by atoms with Crippen LogP contribution in [0.25, 0.3) is 0 Å². The molecule has 1 aromatic carbocycles. The van der Waals surface area contributed by atoms with Crippen molar-refractivity contribution in [3.05, 3.63) is 52.4 Å². The van der Waals surface area contributed by atoms with Gasteiger partial charge in [0, 0.05) is 55.5 Å². The minimum atomic E-state index is -0.307. The standard InChI is InChI=1S/C23H30ClN5O2/c1-16-2-7-20-21(16)22(27-15-26-20)28-9-11-29(12-10-28)23(31)19(14-25-8-13-30)17-3-5-18(24)6-4-17/h3-6,15-16,19,25,30H,2,7-14H2,1H3. The summed E-state index contributed by atoms with van der Waals surface area (Å²) in [6, 6.07) is 7.46. The number of carbonyl (C=O) groups is 1. The van der Waals surface area contributed by atoms with Gasteiger partial charge < -0.3 is 20.2 Å². The SMILES string of the molecule is CC1CCc2ncnc(N3CCN(C(=O)C(CNCCO)c4ccc(Cl)cc4)CC3)c21. The molecule has 7 nitrogen and oxygen atoms in total. The monoisotopic (exact) mass is 443 g/mol. The number of piperazine rings is 1. The Morgan fingerprint density at radius 2 is 1.97 bits per heavy atom. The van der Waals surface area contributed by atoms with Gasteiger partial charge in [-0.2, -0.15) is 0 Å². The first kappa shape index (κ1) is 22.0. The van der Waals surface area contributed by atoms with Gasteiger partial charge in [0.2, 0.25) is 5.91 Å². The van der Waals surface area contributed by atoms with Crippen LogP contribution in [0.2, 0.25) is 5.02 Å². The molecule has 0 radical (unpaired) electrons. The summed E-state index contributed by atoms with van der Waals surface area (Å²) in [5, 5.41) is 12.9. The van der Waals surface area contributed by atoms with E-state index in [9.17, 15) is 4.79 Å². The summed E-state index contributed by atoms with van der Waals surface area (Å²) >= 11 is 6.04. The highest BCUT2D eigenvalue weighted by Gasteiger charge is 2.31. The van der Waals surface area contributed by atoms with E-state index in [4.69, 9.17) is 16.7 Å². The highest BCUT2D eigenvalue weighted by atomic mass is 35.5. The number of carbonyl (C=O) groups excluding carboxylic acids is 1. The van der Waals surface area contributed by atoms with E-state index in [1.807, 2.05) is 29.2 Å². The van der Waals surface area contributed by atoms with Crippen molar-refractivity contribution >= 4 is 23.3 Å². The molecule has 0 spiro atoms. The highest BCUT2D eigenvalue weighted by molar-refractivity contribution is 6.30. The number of hydrogen-bond donors (Lipinski definition) is 2. The van der Waals surface area contributed by atoms with Crippen LogP contribution in [-0.4, -0.2) is 71.8 Å². The summed E-state index contributed by atoms with van der Waals surface area (Å²) in [5.41, 5.74) is 3.40. The maximum atomic E-state index is 13.4. The van der Waals surface area contributed by atoms with Gasteiger partial charge >= 0.3 is 0 Å². The molecule has 2 atom stereocenters. The first-order chi connectivity index (χ1) is 15.1. The van der Waals surface area contributed by atoms with Gasteiger partial charge in [0.05, 0.1) is 12.5 Å². The zero-order valence-electron chi connectivity index (χ0n) is 17.9. The Hall–Kier alpha value is -2.22. The Morgan fingerprint density at radius 1 is 1.23 bits per heavy atom. The van der Waals surface area contributed by atoms with Crippen LogP contribution in [0.3, 0.4) is 0 Å². The lowest BCUT2D eigenvalue weighted by Gasteiger charge is -2.38. The van der Waals surface area contributed by atoms with Crippen molar-refractivity contribution in [2.75, 3.05) is 50.8 Å². The second-order valence-electron chi connectivity index (χ2n) is 8.34. The van der Waals surface area contributed by atoms with Crippen molar-refractivity contribution in [2.45, 2.75) is 31.6 Å². The molecule has 1 fully saturated rings. The second kappa shape index (κ2) is 9.94. The normalized spacial score (nSPS) is 19.4. The molecular weight excluding hydrogens is 414 g/mol. The molecule has 1 aliphatic heterocycles. The fourth-order valence-electron chi connectivity index (χ4n) is 4.60. The number of fused-ring (bicyclic) bond motifs is 1. The van der Waals surface area contributed by atoms with Gasteiger partial charge in [0.25, 0.3) is 0 Å². The molecule has 31 heavy (non-hydrogen) atoms. The number of aliphatic hydroxyl groups is 1. The topological polar surface area (TPSA) is 81.6 Å². The lowest BCUT2D eigenvalue weighted by molar-refractivity contribution is -0.133. The largest absolute Gasteiger partial charge is 0.395 e. The number of halogens is 1. The Balaban J connectivity index is 1.45. The molecule has 166 valence electrons. The molecule has 0 bridgehead atoms. The van der Waals surface area contributed by atoms with E-state index in [0.717, 1.165) is 37.3 Å². The maximum absolute atomic E-state index is 13.4. The summed E-state index contributed by atoms with van der Waals surface area (Å²) < 4.78 is 0. The molecule has 2 unspecified atom stereocenters. The number of aromatic nitrogens is 2. The number of aryl methyl sites for hydroxylation is 1. The van der Waals surface area contributed by atoms with Gasteiger partial charge in [-0.15, -0.1) is 0 Å². The maximum Gasteiger partial charge on any atom is 0.231 e. The quantitative estimate of drug-likeness (QED) is 0.638. The van der Waals surface area contributed by atoms with E-state index in [2.05, 4.69) is 27.1 Å². The van der Waals surface area contributed by atoms with E-state index in [0.29, 0.717) is 37.1 Å². The van der Waals surface area contributed by atoms with Gasteiger partial charge in [0.1, 0.15) is 12.1 Å². The van der Waals surface area contributed by atoms with Crippen LogP contribution in [0, 0.1) is 0 Å². The number of amides is 1. The van der Waals surface area contributed by atoms with E-state index in [1.165, 1.54) is 11.3 Å². The summed E-state index contributed by atoms with van der Waals surface area (Å²) in [4.78, 5) is 26.7. The highest BCUT2D eigenvalue weighted by Crippen LogP contribution is 2.37. The number of anilines is 1. The summed E-state index contributed by atoms with van der Waals surface area (Å²) in [5.74, 6) is 1.33. The molecule has 1 aromatic heterocycles. The third-order valence-electron chi connectivity index (χ3n) is 6.35. The van der Waals surface area contributed by atoms with Crippen molar-refractivity contribution in [3.63, 3.8) is 0 Å². The van der Waals surface area contributed by atoms with Crippen LogP contribution in [0.4, 0.5) is 5.82 Å². The molecule has 2 heterocycles. The lowest BCUT2D eigenvalue weighted by Crippen LogP contribution is -2.51. The van der Waals surface area contributed by atoms with Crippen molar-refractivity contribution in [3.8, 4) is 0 Å². The zero-order valence-corrected chi connectivity index (χ0v) is 18.7. The molecule has 2 aromatic rings. The van der Waals surface area contributed by atoms with Gasteiger partial charge in [-0.3, -0.25) is 4.79 Å². The summed E-state index contributed by atoms with van der Waals surface area (Å²) in [6.45, 7) is 6.08. The number of nitrogens with one attached hydrogen (secondary N) is 1. The fraction of sp³-hybridized carbons (Fsp3) is 0.522. The predicted molar refractivity (Wildman–Crippen MR) is 122 cm³/mol. The molecular formula is C23H30ClN5O2. The fourth-order valence-corrected chi connectivity index (χ4v) is 4.73. The molecule has 1 saturated heterocycles. The van der Waals surface area contributed by atoms with Crippen molar-refractivity contribution in [2.24, 2.45) is 0 Å². The van der Waals surface area contributed by atoms with Crippen LogP contribution < -0.4 is 10.2 Å². The van der Waals surface area contributed by atoms with Crippen LogP contribution in [-0.2, 0) is 11.2 Å². The Bertz CT molecular complexity index is 899. The van der Waals surface area contributed by atoms with Gasteiger partial charge in [-0.05, 0) is 36.5 Å². The van der Waals surface area contributed by atoms with Crippen LogP contribution in [0.5, 0.6) is 0 Å². The molecule has 2 N–H and O–H groups in total. The van der Waals surface area contributed by atoms with Crippen molar-refractivity contribution < 1.29 is 9.90 Å². The molecule has 0 saturated carbocycles. The smallest absolute Gasteiger partial charge is 0.231 e. The first-order valence-corrected chi connectivity index (χ1v) is 11.4. The van der Waals surface area contributed by atoms with Crippen LogP contribution >= 0.6 is 11.6 Å². The van der Waals surface area contributed by atoms with Gasteiger partial charge in [0.15, 0.2) is 0 Å². The van der Waals surface area contributed by atoms with E-state index < -0.39 is 0 Å². The predicted octanol–water partition coefficient (Wildman–Crippen LogP) is 2.19. The zero-order chi connectivity index (χ0) is 21.8. The molecule has 4 rings (SSSR count). The van der Waals surface area contributed by atoms with Gasteiger partial charge in [-0.25, -0.2) is 9.97 Å². The Kier molecular flexibility index (Phi) is 7.05. The minimum absolute atomic E-state index is 0.0435. The lowest BCUT2D eigenvalue weighted by atomic mass is 9.97. The summed E-state index contributed by atoms with van der Waals surface area (Å²) in [7, 11) is 0. The van der Waals surface area contributed by atoms with Crippen molar-refractivity contribution in [1.82, 2.24) is 20.2 Å². The third-order valence-corrected chi connectivity index (χ3v) is 6.60. The van der Waals surface area contributed by atoms with E-state index >= 15 is 0 Å². The molecule has 2 aliphatic rings. The number of rotatable bonds is 7. The summed E-state index contributed by atoms with van der Waals surface area (Å²) in [6.07, 6.45) is 3.82. The Morgan fingerprint density at radius 3 is 2.68 bits per heavy atom. The van der Waals surface area contributed by atoms with Gasteiger partial charge in [-0.1, -0.05) is 30.7 Å². The van der Waals surface area contributed by atoms with E-state index in [-0.39, 0.29) is 18.4 Å². The minimum Gasteiger partial charge on any atom is -0.395 e. The van der Waals surface area contributed by atoms with Crippen molar-refractivity contribution in [1.29, 1.82) is 0 Å². The number of hydrogen-bond acceptors (Lipinski definition) is 6. The molecule has 1 aliphatic carbocycles. The molecule has 8 heteroatoms. The number of benzene rings is 1. The molecule has 1 amide bonds. The average Bonchev–Trinajstić information content (AvgIpc) is 3.18. The van der Waals surface area contributed by atoms with Crippen LogP contribution in [0.15, 0.2) is 30.6 Å². The first-order valence-electron chi connectivity index (χ1n) is 11.0. The van der Waals surface area contributed by atoms with E-state index in [1.54, 1.807) is 6.33 Å². The number of aliphatic hydroxyl groups excluding tert-OH is 1. The third kappa shape index (κ3) is 4.84.